The Bertz CT molecular complexity index is 720. The number of nitrogens with zero attached hydrogens (tertiary/aromatic N) is 1. The minimum absolute atomic E-state index is 0.0407. The van der Waals surface area contributed by atoms with E-state index in [1.807, 2.05) is 26.0 Å². The first-order valence-corrected chi connectivity index (χ1v) is 7.51. The maximum absolute atomic E-state index is 11.9. The first-order valence-electron chi connectivity index (χ1n) is 6.71. The number of ether oxygens (including phenoxy) is 2. The van der Waals surface area contributed by atoms with E-state index in [0.29, 0.717) is 11.5 Å². The van der Waals surface area contributed by atoms with Crippen LogP contribution < -0.4 is 9.47 Å². The number of hydrogen-bond donors (Lipinski definition) is 0. The number of benzene rings is 2. The van der Waals surface area contributed by atoms with Crippen LogP contribution in [0.4, 0.5) is 5.69 Å². The molecule has 0 spiro atoms. The lowest BCUT2D eigenvalue weighted by atomic mass is 10.1. The van der Waals surface area contributed by atoms with Gasteiger partial charge in [-0.15, -0.1) is 0 Å². The van der Waals surface area contributed by atoms with Crippen molar-refractivity contribution in [3.8, 4) is 11.5 Å². The molecule has 0 saturated heterocycles. The van der Waals surface area contributed by atoms with E-state index in [9.17, 15) is 14.9 Å². The average molecular weight is 380 g/mol. The Labute approximate surface area is 141 Å². The average Bonchev–Trinajstić information content (AvgIpc) is 2.49. The van der Waals surface area contributed by atoms with Crippen LogP contribution >= 0.6 is 15.9 Å². The first-order chi connectivity index (χ1) is 10.9. The molecule has 2 aromatic carbocycles. The molecule has 23 heavy (non-hydrogen) atoms. The highest BCUT2D eigenvalue weighted by Crippen LogP contribution is 2.27. The number of carbonyl (C=O) groups excluding carboxylic acids is 1. The van der Waals surface area contributed by atoms with Crippen molar-refractivity contribution >= 4 is 27.6 Å². The van der Waals surface area contributed by atoms with Crippen LogP contribution in [0.2, 0.25) is 0 Å². The van der Waals surface area contributed by atoms with Gasteiger partial charge in [-0.05, 0) is 49.2 Å². The molecule has 0 bridgehead atoms. The Kier molecular flexibility index (Phi) is 5.33. The number of esters is 1. The van der Waals surface area contributed by atoms with Gasteiger partial charge in [0.25, 0.3) is 5.69 Å². The summed E-state index contributed by atoms with van der Waals surface area (Å²) in [5, 5.41) is 10.6. The molecule has 0 aliphatic rings. The van der Waals surface area contributed by atoms with Crippen molar-refractivity contribution in [1.82, 2.24) is 0 Å². The number of rotatable bonds is 5. The molecule has 0 atom stereocenters. The van der Waals surface area contributed by atoms with Gasteiger partial charge in [0.15, 0.2) is 6.61 Å². The second kappa shape index (κ2) is 7.23. The maximum atomic E-state index is 11.9. The lowest BCUT2D eigenvalue weighted by Gasteiger charge is -2.11. The topological polar surface area (TPSA) is 78.7 Å². The van der Waals surface area contributed by atoms with Gasteiger partial charge in [0.2, 0.25) is 0 Å². The fourth-order valence-electron chi connectivity index (χ4n) is 2.01. The predicted molar refractivity (Wildman–Crippen MR) is 87.8 cm³/mol. The molecule has 0 saturated carbocycles. The summed E-state index contributed by atoms with van der Waals surface area (Å²) in [7, 11) is 0. The van der Waals surface area contributed by atoms with Gasteiger partial charge in [0, 0.05) is 16.6 Å². The Hall–Kier alpha value is -2.41. The van der Waals surface area contributed by atoms with Gasteiger partial charge < -0.3 is 9.47 Å². The van der Waals surface area contributed by atoms with Crippen molar-refractivity contribution in [3.05, 3.63) is 62.1 Å². The molecule has 0 aliphatic heterocycles. The van der Waals surface area contributed by atoms with E-state index in [1.165, 1.54) is 24.3 Å². The fraction of sp³-hybridized carbons (Fsp3) is 0.188. The molecule has 2 aromatic rings. The molecule has 0 N–H and O–H groups in total. The third-order valence-electron chi connectivity index (χ3n) is 3.05. The van der Waals surface area contributed by atoms with E-state index in [-0.39, 0.29) is 12.3 Å². The number of halogens is 1. The van der Waals surface area contributed by atoms with Crippen LogP contribution in [0.25, 0.3) is 0 Å². The number of non-ortho nitro benzene ring substituents is 1. The highest BCUT2D eigenvalue weighted by Gasteiger charge is 2.12. The molecule has 0 fully saturated rings. The molecule has 7 heteroatoms. The van der Waals surface area contributed by atoms with Crippen LogP contribution in [0.15, 0.2) is 40.9 Å². The Morgan fingerprint density at radius 3 is 2.26 bits per heavy atom. The second-order valence-electron chi connectivity index (χ2n) is 4.88. The largest absolute Gasteiger partial charge is 0.482 e. The molecule has 0 unspecified atom stereocenters. The summed E-state index contributed by atoms with van der Waals surface area (Å²) in [5.74, 6) is 0.319. The van der Waals surface area contributed by atoms with E-state index in [1.54, 1.807) is 0 Å². The summed E-state index contributed by atoms with van der Waals surface area (Å²) in [4.78, 5) is 21.9. The predicted octanol–water partition coefficient (Wildman–Crippen LogP) is 3.96. The van der Waals surface area contributed by atoms with Crippen molar-refractivity contribution in [2.45, 2.75) is 13.8 Å². The van der Waals surface area contributed by atoms with Crippen molar-refractivity contribution in [2.75, 3.05) is 6.61 Å². The molecule has 2 rings (SSSR count). The molecule has 0 aromatic heterocycles. The number of hydrogen-bond acceptors (Lipinski definition) is 5. The molecule has 6 nitrogen and oxygen atoms in total. The van der Waals surface area contributed by atoms with Crippen LogP contribution in [0.1, 0.15) is 11.1 Å². The highest BCUT2D eigenvalue weighted by molar-refractivity contribution is 9.10. The minimum Gasteiger partial charge on any atom is -0.482 e. The highest BCUT2D eigenvalue weighted by atomic mass is 79.9. The summed E-state index contributed by atoms with van der Waals surface area (Å²) in [6.45, 7) is 3.40. The molecule has 120 valence electrons. The Morgan fingerprint density at radius 2 is 1.74 bits per heavy atom. The second-order valence-corrected chi connectivity index (χ2v) is 5.80. The van der Waals surface area contributed by atoms with Crippen LogP contribution in [0, 0.1) is 24.0 Å². The van der Waals surface area contributed by atoms with Gasteiger partial charge in [0.05, 0.1) is 4.92 Å². The fourth-order valence-corrected chi connectivity index (χ4v) is 2.69. The van der Waals surface area contributed by atoms with Gasteiger partial charge >= 0.3 is 5.97 Å². The SMILES string of the molecule is Cc1cc(Br)cc(C)c1OC(=O)COc1ccc([N+](=O)[O-])cc1. The number of nitro groups is 1. The zero-order valence-electron chi connectivity index (χ0n) is 12.5. The van der Waals surface area contributed by atoms with Crippen molar-refractivity contribution in [3.63, 3.8) is 0 Å². The number of aryl methyl sites for hydroxylation is 2. The Morgan fingerprint density at radius 1 is 1.17 bits per heavy atom. The quantitative estimate of drug-likeness (QED) is 0.340. The van der Waals surface area contributed by atoms with Crippen molar-refractivity contribution in [1.29, 1.82) is 0 Å². The minimum atomic E-state index is -0.545. The van der Waals surface area contributed by atoms with E-state index in [4.69, 9.17) is 9.47 Å². The van der Waals surface area contributed by atoms with Crippen LogP contribution in [0.3, 0.4) is 0 Å². The van der Waals surface area contributed by atoms with Crippen molar-refractivity contribution in [2.24, 2.45) is 0 Å². The zero-order valence-corrected chi connectivity index (χ0v) is 14.1. The normalized spacial score (nSPS) is 10.2. The van der Waals surface area contributed by atoms with E-state index in [0.717, 1.165) is 15.6 Å². The number of carbonyl (C=O) groups is 1. The smallest absolute Gasteiger partial charge is 0.349 e. The van der Waals surface area contributed by atoms with Crippen LogP contribution in [-0.4, -0.2) is 17.5 Å². The molecule has 0 aliphatic carbocycles. The van der Waals surface area contributed by atoms with Gasteiger partial charge in [-0.3, -0.25) is 10.1 Å². The summed E-state index contributed by atoms with van der Waals surface area (Å²) >= 11 is 3.38. The van der Waals surface area contributed by atoms with E-state index < -0.39 is 10.9 Å². The lowest BCUT2D eigenvalue weighted by Crippen LogP contribution is -2.18. The molecule has 0 heterocycles. The third-order valence-corrected chi connectivity index (χ3v) is 3.50. The van der Waals surface area contributed by atoms with Crippen LogP contribution in [-0.2, 0) is 4.79 Å². The summed E-state index contributed by atoms with van der Waals surface area (Å²) < 4.78 is 11.5. The van der Waals surface area contributed by atoms with Crippen LogP contribution in [0.5, 0.6) is 11.5 Å². The maximum Gasteiger partial charge on any atom is 0.349 e. The summed E-state index contributed by atoms with van der Waals surface area (Å²) in [5.41, 5.74) is 1.63. The van der Waals surface area contributed by atoms with Gasteiger partial charge in [0.1, 0.15) is 11.5 Å². The van der Waals surface area contributed by atoms with Crippen molar-refractivity contribution < 1.29 is 19.2 Å². The first kappa shape index (κ1) is 17.0. The molecular formula is C16H14BrNO5. The van der Waals surface area contributed by atoms with E-state index in [2.05, 4.69) is 15.9 Å². The monoisotopic (exact) mass is 379 g/mol. The third kappa shape index (κ3) is 4.53. The standard InChI is InChI=1S/C16H14BrNO5/c1-10-7-12(17)8-11(2)16(10)23-15(19)9-22-14-5-3-13(4-6-14)18(20)21/h3-8H,9H2,1-2H3. The van der Waals surface area contributed by atoms with Gasteiger partial charge in [-0.2, -0.15) is 0 Å². The zero-order chi connectivity index (χ0) is 17.0. The lowest BCUT2D eigenvalue weighted by molar-refractivity contribution is -0.384. The van der Waals surface area contributed by atoms with Gasteiger partial charge in [-0.1, -0.05) is 15.9 Å². The number of nitro benzene ring substituents is 1. The van der Waals surface area contributed by atoms with E-state index >= 15 is 0 Å². The molecule has 0 radical (unpaired) electrons. The molecule has 0 amide bonds. The van der Waals surface area contributed by atoms with Gasteiger partial charge in [-0.25, -0.2) is 4.79 Å². The summed E-state index contributed by atoms with van der Waals surface area (Å²) in [6.07, 6.45) is 0. The Balaban J connectivity index is 1.96. The summed E-state index contributed by atoms with van der Waals surface area (Å²) in [6, 6.07) is 9.19. The molecular weight excluding hydrogens is 366 g/mol.